The zero-order valence-corrected chi connectivity index (χ0v) is 20.5. The highest BCUT2D eigenvalue weighted by Crippen LogP contribution is 2.31. The van der Waals surface area contributed by atoms with E-state index in [0.29, 0.717) is 23.6 Å². The molecule has 5 heteroatoms. The molecule has 0 aliphatic heterocycles. The highest BCUT2D eigenvalue weighted by Gasteiger charge is 2.15. The highest BCUT2D eigenvalue weighted by atomic mass is 79.9. The molecule has 0 atom stereocenters. The van der Waals surface area contributed by atoms with E-state index in [4.69, 9.17) is 4.74 Å². The second-order valence-electron chi connectivity index (χ2n) is 8.06. The summed E-state index contributed by atoms with van der Waals surface area (Å²) in [5, 5.41) is 14.6. The normalized spacial score (nSPS) is 11.2. The number of amides is 1. The van der Waals surface area contributed by atoms with Gasteiger partial charge in [0.1, 0.15) is 24.0 Å². The molecule has 0 unspecified atom stereocenters. The van der Waals surface area contributed by atoms with E-state index in [-0.39, 0.29) is 5.57 Å². The maximum absolute atomic E-state index is 13.0. The van der Waals surface area contributed by atoms with Crippen LogP contribution in [-0.4, -0.2) is 5.91 Å². The first-order chi connectivity index (χ1) is 16.4. The second kappa shape index (κ2) is 10.4. The van der Waals surface area contributed by atoms with Gasteiger partial charge in [0.2, 0.25) is 0 Å². The molecule has 0 saturated heterocycles. The van der Waals surface area contributed by atoms with Gasteiger partial charge in [-0.15, -0.1) is 0 Å². The lowest BCUT2D eigenvalue weighted by atomic mass is 10.0. The Morgan fingerprint density at radius 2 is 1.79 bits per heavy atom. The molecule has 168 valence electrons. The van der Waals surface area contributed by atoms with Gasteiger partial charge in [-0.1, -0.05) is 70.5 Å². The molecule has 0 aliphatic rings. The Kier molecular flexibility index (Phi) is 7.10. The Hall–Kier alpha value is -3.88. The van der Waals surface area contributed by atoms with Gasteiger partial charge in [0.05, 0.1) is 0 Å². The van der Waals surface area contributed by atoms with Gasteiger partial charge in [-0.25, -0.2) is 0 Å². The van der Waals surface area contributed by atoms with Gasteiger partial charge in [0.15, 0.2) is 0 Å². The molecule has 0 fully saturated rings. The van der Waals surface area contributed by atoms with Crippen molar-refractivity contribution in [2.24, 2.45) is 0 Å². The maximum atomic E-state index is 13.0. The fraction of sp³-hybridized carbons (Fsp3) is 0.103. The molecule has 4 aromatic rings. The lowest BCUT2D eigenvalue weighted by Gasteiger charge is -2.13. The monoisotopic (exact) mass is 510 g/mol. The molecule has 0 aliphatic carbocycles. The zero-order valence-electron chi connectivity index (χ0n) is 18.9. The van der Waals surface area contributed by atoms with Gasteiger partial charge in [-0.2, -0.15) is 5.26 Å². The maximum Gasteiger partial charge on any atom is 0.266 e. The van der Waals surface area contributed by atoms with Gasteiger partial charge in [-0.05, 0) is 71.7 Å². The topological polar surface area (TPSA) is 62.1 Å². The van der Waals surface area contributed by atoms with Crippen molar-refractivity contribution in [1.29, 1.82) is 5.26 Å². The smallest absolute Gasteiger partial charge is 0.266 e. The molecule has 0 bridgehead atoms. The SMILES string of the molecule is Cc1ccc(C)c(NC(=O)/C(C#N)=C/c2c(OCc3ccc(Br)cc3)ccc3ccccc23)c1. The predicted octanol–water partition coefficient (Wildman–Crippen LogP) is 7.34. The quantitative estimate of drug-likeness (QED) is 0.218. The van der Waals surface area contributed by atoms with E-state index in [0.717, 1.165) is 31.9 Å². The standard InChI is InChI=1S/C29H23BrN2O2/c1-19-7-8-20(2)27(15-19)32-29(33)23(17-31)16-26-25-6-4-3-5-22(25)11-14-28(26)34-18-21-9-12-24(30)13-10-21/h3-16H,18H2,1-2H3,(H,32,33)/b23-16+. The number of fused-ring (bicyclic) bond motifs is 1. The number of hydrogen-bond acceptors (Lipinski definition) is 3. The van der Waals surface area contributed by atoms with Gasteiger partial charge < -0.3 is 10.1 Å². The van der Waals surface area contributed by atoms with Gasteiger partial charge in [0, 0.05) is 15.7 Å². The fourth-order valence-electron chi connectivity index (χ4n) is 3.65. The van der Waals surface area contributed by atoms with E-state index in [1.807, 2.05) is 92.7 Å². The fourth-order valence-corrected chi connectivity index (χ4v) is 3.91. The number of ether oxygens (including phenoxy) is 1. The van der Waals surface area contributed by atoms with Crippen LogP contribution in [0.3, 0.4) is 0 Å². The molecular formula is C29H23BrN2O2. The summed E-state index contributed by atoms with van der Waals surface area (Å²) < 4.78 is 7.15. The largest absolute Gasteiger partial charge is 0.488 e. The Morgan fingerprint density at radius 3 is 2.56 bits per heavy atom. The minimum Gasteiger partial charge on any atom is -0.488 e. The Bertz CT molecular complexity index is 1430. The summed E-state index contributed by atoms with van der Waals surface area (Å²) in [5.41, 5.74) is 4.37. The Morgan fingerprint density at radius 1 is 1.03 bits per heavy atom. The molecule has 1 amide bonds. The first-order valence-corrected chi connectivity index (χ1v) is 11.6. The second-order valence-corrected chi connectivity index (χ2v) is 8.97. The van der Waals surface area contributed by atoms with Gasteiger partial charge in [-0.3, -0.25) is 4.79 Å². The highest BCUT2D eigenvalue weighted by molar-refractivity contribution is 9.10. The number of nitrogens with zero attached hydrogens (tertiary/aromatic N) is 1. The van der Waals surface area contributed by atoms with Crippen molar-refractivity contribution >= 4 is 44.4 Å². The summed E-state index contributed by atoms with van der Waals surface area (Å²) in [6, 6.07) is 27.5. The number of hydrogen-bond donors (Lipinski definition) is 1. The van der Waals surface area contributed by atoms with E-state index < -0.39 is 5.91 Å². The number of aryl methyl sites for hydroxylation is 2. The van der Waals surface area contributed by atoms with Crippen molar-refractivity contribution in [3.63, 3.8) is 0 Å². The van der Waals surface area contributed by atoms with E-state index in [1.54, 1.807) is 6.08 Å². The average Bonchev–Trinajstić information content (AvgIpc) is 2.84. The third-order valence-corrected chi connectivity index (χ3v) is 6.06. The predicted molar refractivity (Wildman–Crippen MR) is 141 cm³/mol. The van der Waals surface area contributed by atoms with Crippen molar-refractivity contribution < 1.29 is 9.53 Å². The lowest BCUT2D eigenvalue weighted by molar-refractivity contribution is -0.112. The van der Waals surface area contributed by atoms with Gasteiger partial charge in [0.25, 0.3) is 5.91 Å². The number of nitriles is 1. The summed E-state index contributed by atoms with van der Waals surface area (Å²) in [6.45, 7) is 4.24. The number of nitrogens with one attached hydrogen (secondary N) is 1. The van der Waals surface area contributed by atoms with Crippen LogP contribution in [-0.2, 0) is 11.4 Å². The molecule has 0 spiro atoms. The molecule has 4 rings (SSSR count). The summed E-state index contributed by atoms with van der Waals surface area (Å²) in [7, 11) is 0. The van der Waals surface area contributed by atoms with Gasteiger partial charge >= 0.3 is 0 Å². The molecule has 1 N–H and O–H groups in total. The average molecular weight is 511 g/mol. The van der Waals surface area contributed by atoms with Crippen molar-refractivity contribution in [1.82, 2.24) is 0 Å². The molecule has 4 nitrogen and oxygen atoms in total. The molecule has 0 heterocycles. The zero-order chi connectivity index (χ0) is 24.1. The van der Waals surface area contributed by atoms with Crippen LogP contribution in [0.1, 0.15) is 22.3 Å². The minimum absolute atomic E-state index is 0.00532. The number of carbonyl (C=O) groups is 1. The van der Waals surface area contributed by atoms with E-state index in [9.17, 15) is 10.1 Å². The van der Waals surface area contributed by atoms with E-state index in [1.165, 1.54) is 0 Å². The van der Waals surface area contributed by atoms with Crippen LogP contribution in [0.15, 0.2) is 88.9 Å². The first-order valence-electron chi connectivity index (χ1n) is 10.8. The lowest BCUT2D eigenvalue weighted by Crippen LogP contribution is -2.14. The molecular weight excluding hydrogens is 488 g/mol. The number of rotatable bonds is 6. The van der Waals surface area contributed by atoms with Crippen molar-refractivity contribution in [2.75, 3.05) is 5.32 Å². The number of anilines is 1. The number of benzene rings is 4. The molecule has 0 radical (unpaired) electrons. The van der Waals surface area contributed by atoms with E-state index in [2.05, 4.69) is 27.3 Å². The van der Waals surface area contributed by atoms with Crippen LogP contribution in [0.25, 0.3) is 16.8 Å². The molecule has 4 aromatic carbocycles. The van der Waals surface area contributed by atoms with Crippen LogP contribution < -0.4 is 10.1 Å². The Balaban J connectivity index is 1.70. The van der Waals surface area contributed by atoms with Crippen molar-refractivity contribution in [3.8, 4) is 11.8 Å². The van der Waals surface area contributed by atoms with Crippen LogP contribution in [0, 0.1) is 25.2 Å². The minimum atomic E-state index is -0.456. The third kappa shape index (κ3) is 5.36. The summed E-state index contributed by atoms with van der Waals surface area (Å²) >= 11 is 3.44. The van der Waals surface area contributed by atoms with Crippen LogP contribution in [0.2, 0.25) is 0 Å². The van der Waals surface area contributed by atoms with Crippen LogP contribution in [0.5, 0.6) is 5.75 Å². The van der Waals surface area contributed by atoms with Crippen molar-refractivity contribution in [2.45, 2.75) is 20.5 Å². The molecule has 34 heavy (non-hydrogen) atoms. The third-order valence-electron chi connectivity index (χ3n) is 5.53. The van der Waals surface area contributed by atoms with Crippen LogP contribution in [0.4, 0.5) is 5.69 Å². The van der Waals surface area contributed by atoms with E-state index >= 15 is 0 Å². The number of halogens is 1. The number of carbonyl (C=O) groups excluding carboxylic acids is 1. The summed E-state index contributed by atoms with van der Waals surface area (Å²) in [5.74, 6) is 0.150. The van der Waals surface area contributed by atoms with Crippen LogP contribution >= 0.6 is 15.9 Å². The molecule has 0 aromatic heterocycles. The Labute approximate surface area is 207 Å². The summed E-state index contributed by atoms with van der Waals surface area (Å²) in [4.78, 5) is 13.0. The van der Waals surface area contributed by atoms with Crippen molar-refractivity contribution in [3.05, 3.63) is 111 Å². The first kappa shape index (κ1) is 23.3. The summed E-state index contributed by atoms with van der Waals surface area (Å²) in [6.07, 6.45) is 1.61. The molecule has 0 saturated carbocycles.